The van der Waals surface area contributed by atoms with Crippen LogP contribution in [0.3, 0.4) is 0 Å². The summed E-state index contributed by atoms with van der Waals surface area (Å²) in [5, 5.41) is 0.713. The zero-order chi connectivity index (χ0) is 19.2. The number of carbonyl (C=O) groups excluding carboxylic acids is 2. The normalized spacial score (nSPS) is 10.4. The lowest BCUT2D eigenvalue weighted by atomic mass is 10.1. The number of halogens is 1. The van der Waals surface area contributed by atoms with Crippen LogP contribution in [0.2, 0.25) is 5.02 Å². The van der Waals surface area contributed by atoms with Crippen LogP contribution < -0.4 is 10.9 Å². The fourth-order valence-corrected chi connectivity index (χ4v) is 3.30. The van der Waals surface area contributed by atoms with E-state index in [-0.39, 0.29) is 5.91 Å². The van der Waals surface area contributed by atoms with Gasteiger partial charge in [-0.15, -0.1) is 11.8 Å². The van der Waals surface area contributed by atoms with Gasteiger partial charge in [-0.1, -0.05) is 23.7 Å². The first-order valence-corrected chi connectivity index (χ1v) is 9.51. The van der Waals surface area contributed by atoms with Crippen LogP contribution in [0, 0.1) is 6.92 Å². The van der Waals surface area contributed by atoms with Crippen LogP contribution in [0.1, 0.15) is 32.0 Å². The third-order valence-electron chi connectivity index (χ3n) is 3.83. The standard InChI is InChI=1S/C20H17ClN2O3S/c1-13-18(10-11-26-13)20(25)23-22-19(24)15-4-2-14(3-5-15)12-27-17-8-6-16(21)7-9-17/h2-11H,12H2,1H3,(H,22,24)(H,23,25). The predicted molar refractivity (Wildman–Crippen MR) is 106 cm³/mol. The maximum absolute atomic E-state index is 12.2. The Morgan fingerprint density at radius 2 is 1.63 bits per heavy atom. The van der Waals surface area contributed by atoms with Gasteiger partial charge in [-0.2, -0.15) is 0 Å². The van der Waals surface area contributed by atoms with Crippen molar-refractivity contribution in [2.45, 2.75) is 17.6 Å². The quantitative estimate of drug-likeness (QED) is 0.484. The van der Waals surface area contributed by atoms with E-state index in [1.54, 1.807) is 36.9 Å². The van der Waals surface area contributed by atoms with Gasteiger partial charge in [-0.3, -0.25) is 20.4 Å². The molecule has 2 N–H and O–H groups in total. The van der Waals surface area contributed by atoms with Gasteiger partial charge < -0.3 is 4.42 Å². The van der Waals surface area contributed by atoms with Gasteiger partial charge in [0.05, 0.1) is 11.8 Å². The summed E-state index contributed by atoms with van der Waals surface area (Å²) in [7, 11) is 0. The summed E-state index contributed by atoms with van der Waals surface area (Å²) in [6.07, 6.45) is 1.42. The van der Waals surface area contributed by atoms with Crippen LogP contribution in [0.5, 0.6) is 0 Å². The fourth-order valence-electron chi connectivity index (χ4n) is 2.32. The van der Waals surface area contributed by atoms with E-state index >= 15 is 0 Å². The lowest BCUT2D eigenvalue weighted by Crippen LogP contribution is -2.41. The Labute approximate surface area is 166 Å². The van der Waals surface area contributed by atoms with Crippen molar-refractivity contribution in [3.05, 3.63) is 88.3 Å². The Kier molecular flexibility index (Phi) is 6.21. The topological polar surface area (TPSA) is 71.3 Å². The average molecular weight is 401 g/mol. The van der Waals surface area contributed by atoms with Crippen LogP contribution >= 0.6 is 23.4 Å². The Morgan fingerprint density at radius 3 is 2.26 bits per heavy atom. The third kappa shape index (κ3) is 5.15. The van der Waals surface area contributed by atoms with Gasteiger partial charge in [0.15, 0.2) is 0 Å². The predicted octanol–water partition coefficient (Wildman–Crippen LogP) is 4.61. The third-order valence-corrected chi connectivity index (χ3v) is 5.16. The summed E-state index contributed by atoms with van der Waals surface area (Å²) >= 11 is 7.57. The smallest absolute Gasteiger partial charge is 0.273 e. The highest BCUT2D eigenvalue weighted by atomic mass is 35.5. The van der Waals surface area contributed by atoms with Crippen LogP contribution in [0.4, 0.5) is 0 Å². The Hall–Kier alpha value is -2.70. The van der Waals surface area contributed by atoms with Crippen LogP contribution in [0.25, 0.3) is 0 Å². The molecule has 138 valence electrons. The number of nitrogens with one attached hydrogen (secondary N) is 2. The van der Waals surface area contributed by atoms with Crippen LogP contribution in [-0.2, 0) is 5.75 Å². The highest BCUT2D eigenvalue weighted by Gasteiger charge is 2.13. The molecule has 0 fully saturated rings. The molecule has 3 rings (SSSR count). The lowest BCUT2D eigenvalue weighted by Gasteiger charge is -2.08. The van der Waals surface area contributed by atoms with Crippen molar-refractivity contribution in [1.82, 2.24) is 10.9 Å². The summed E-state index contributed by atoms with van der Waals surface area (Å²) in [5.41, 5.74) is 6.70. The first-order valence-electron chi connectivity index (χ1n) is 8.15. The number of hydrazine groups is 1. The van der Waals surface area contributed by atoms with Crippen molar-refractivity contribution >= 4 is 35.2 Å². The van der Waals surface area contributed by atoms with Crippen molar-refractivity contribution in [3.8, 4) is 0 Å². The molecule has 1 heterocycles. The summed E-state index contributed by atoms with van der Waals surface area (Å²) in [5.74, 6) is 0.455. The minimum absolute atomic E-state index is 0.380. The summed E-state index contributed by atoms with van der Waals surface area (Å²) in [6, 6.07) is 16.4. The highest BCUT2D eigenvalue weighted by Crippen LogP contribution is 2.24. The second kappa shape index (κ2) is 8.79. The molecule has 3 aromatic rings. The van der Waals surface area contributed by atoms with Crippen molar-refractivity contribution in [2.24, 2.45) is 0 Å². The molecule has 2 aromatic carbocycles. The van der Waals surface area contributed by atoms with E-state index in [1.165, 1.54) is 6.26 Å². The summed E-state index contributed by atoms with van der Waals surface area (Å²) in [6.45, 7) is 1.68. The number of benzene rings is 2. The number of hydrogen-bond donors (Lipinski definition) is 2. The van der Waals surface area contributed by atoms with Crippen molar-refractivity contribution < 1.29 is 14.0 Å². The van der Waals surface area contributed by atoms with E-state index < -0.39 is 5.91 Å². The Morgan fingerprint density at radius 1 is 0.963 bits per heavy atom. The fraction of sp³-hybridized carbons (Fsp3) is 0.100. The number of carbonyl (C=O) groups is 2. The molecule has 0 spiro atoms. The number of hydrogen-bond acceptors (Lipinski definition) is 4. The molecule has 5 nitrogen and oxygen atoms in total. The van der Waals surface area contributed by atoms with Crippen LogP contribution in [0.15, 0.2) is 70.2 Å². The van der Waals surface area contributed by atoms with Gasteiger partial charge in [-0.05, 0) is 55.0 Å². The van der Waals surface area contributed by atoms with E-state index in [1.807, 2.05) is 36.4 Å². The van der Waals surface area contributed by atoms with Gasteiger partial charge in [0, 0.05) is 21.2 Å². The summed E-state index contributed by atoms with van der Waals surface area (Å²) in [4.78, 5) is 25.2. The average Bonchev–Trinajstić information content (AvgIpc) is 3.12. The molecule has 7 heteroatoms. The molecule has 0 radical (unpaired) electrons. The molecule has 0 unspecified atom stereocenters. The molecule has 2 amide bonds. The summed E-state index contributed by atoms with van der Waals surface area (Å²) < 4.78 is 5.07. The van der Waals surface area contributed by atoms with Crippen molar-refractivity contribution in [1.29, 1.82) is 0 Å². The maximum Gasteiger partial charge on any atom is 0.273 e. The molecule has 27 heavy (non-hydrogen) atoms. The van der Waals surface area contributed by atoms with E-state index in [0.717, 1.165) is 16.2 Å². The van der Waals surface area contributed by atoms with E-state index in [4.69, 9.17) is 16.0 Å². The van der Waals surface area contributed by atoms with Gasteiger partial charge in [-0.25, -0.2) is 0 Å². The Bertz CT molecular complexity index is 937. The number of amides is 2. The molecule has 0 atom stereocenters. The number of thioether (sulfide) groups is 1. The molecule has 0 aliphatic rings. The molecule has 0 aliphatic heterocycles. The van der Waals surface area contributed by atoms with Gasteiger partial charge >= 0.3 is 0 Å². The minimum Gasteiger partial charge on any atom is -0.469 e. The molecule has 0 saturated heterocycles. The van der Waals surface area contributed by atoms with Gasteiger partial charge in [0.25, 0.3) is 11.8 Å². The second-order valence-corrected chi connectivity index (χ2v) is 7.22. The zero-order valence-corrected chi connectivity index (χ0v) is 16.1. The molecular formula is C20H17ClN2O3S. The minimum atomic E-state index is -0.425. The largest absolute Gasteiger partial charge is 0.469 e. The van der Waals surface area contributed by atoms with E-state index in [0.29, 0.717) is 21.9 Å². The van der Waals surface area contributed by atoms with Crippen molar-refractivity contribution in [3.63, 3.8) is 0 Å². The highest BCUT2D eigenvalue weighted by molar-refractivity contribution is 7.98. The molecule has 1 aromatic heterocycles. The first kappa shape index (κ1) is 19.1. The van der Waals surface area contributed by atoms with Gasteiger partial charge in [0.2, 0.25) is 0 Å². The number of aryl methyl sites for hydroxylation is 1. The van der Waals surface area contributed by atoms with Crippen molar-refractivity contribution in [2.75, 3.05) is 0 Å². The Balaban J connectivity index is 1.51. The van der Waals surface area contributed by atoms with Gasteiger partial charge in [0.1, 0.15) is 5.76 Å². The van der Waals surface area contributed by atoms with Crippen LogP contribution in [-0.4, -0.2) is 11.8 Å². The molecule has 0 bridgehead atoms. The first-order chi connectivity index (χ1) is 13.0. The molecular weight excluding hydrogens is 384 g/mol. The zero-order valence-electron chi connectivity index (χ0n) is 14.5. The molecule has 0 saturated carbocycles. The molecule has 0 aliphatic carbocycles. The van der Waals surface area contributed by atoms with E-state index in [9.17, 15) is 9.59 Å². The number of furan rings is 1. The lowest BCUT2D eigenvalue weighted by molar-refractivity contribution is 0.0845. The SMILES string of the molecule is Cc1occc1C(=O)NNC(=O)c1ccc(CSc2ccc(Cl)cc2)cc1. The monoisotopic (exact) mass is 400 g/mol. The van der Waals surface area contributed by atoms with E-state index in [2.05, 4.69) is 10.9 Å². The second-order valence-electron chi connectivity index (χ2n) is 5.74. The number of rotatable bonds is 5. The maximum atomic E-state index is 12.2.